The van der Waals surface area contributed by atoms with E-state index in [2.05, 4.69) is 10.6 Å². The van der Waals surface area contributed by atoms with Crippen molar-refractivity contribution >= 4 is 34.1 Å². The van der Waals surface area contributed by atoms with Crippen molar-refractivity contribution in [3.05, 3.63) is 101 Å². The van der Waals surface area contributed by atoms with Crippen molar-refractivity contribution in [2.45, 2.75) is 31.5 Å². The fourth-order valence-electron chi connectivity index (χ4n) is 4.58. The molecule has 0 radical (unpaired) electrons. The molecule has 1 aromatic heterocycles. The summed E-state index contributed by atoms with van der Waals surface area (Å²) in [6.45, 7) is 0.235. The van der Waals surface area contributed by atoms with E-state index in [9.17, 15) is 27.2 Å². The molecule has 206 valence electrons. The molecular formula is C29H24F4N4O2S. The molecule has 0 saturated carbocycles. The molecule has 4 aromatic rings. The van der Waals surface area contributed by atoms with Crippen LogP contribution >= 0.6 is 11.3 Å². The summed E-state index contributed by atoms with van der Waals surface area (Å²) in [5.41, 5.74) is 1.19. The molecule has 0 unspecified atom stereocenters. The second kappa shape index (κ2) is 11.5. The quantitative estimate of drug-likeness (QED) is 0.242. The van der Waals surface area contributed by atoms with E-state index in [4.69, 9.17) is 4.98 Å². The number of nitrogens with zero attached hydrogens (tertiary/aromatic N) is 2. The van der Waals surface area contributed by atoms with Gasteiger partial charge in [-0.15, -0.1) is 11.3 Å². The van der Waals surface area contributed by atoms with Crippen molar-refractivity contribution in [3.63, 3.8) is 0 Å². The highest BCUT2D eigenvalue weighted by atomic mass is 32.1. The predicted molar refractivity (Wildman–Crippen MR) is 146 cm³/mol. The van der Waals surface area contributed by atoms with Crippen molar-refractivity contribution in [2.75, 3.05) is 17.2 Å². The lowest BCUT2D eigenvalue weighted by molar-refractivity contribution is -0.137. The van der Waals surface area contributed by atoms with Gasteiger partial charge in [0.05, 0.1) is 16.9 Å². The van der Waals surface area contributed by atoms with E-state index in [-0.39, 0.29) is 6.54 Å². The van der Waals surface area contributed by atoms with Crippen LogP contribution in [0.4, 0.5) is 33.2 Å². The first kappa shape index (κ1) is 27.3. The number of anilines is 2. The molecule has 3 amide bonds. The molecule has 1 saturated heterocycles. The Morgan fingerprint density at radius 3 is 2.35 bits per heavy atom. The third kappa shape index (κ3) is 6.15. The number of aromatic nitrogens is 1. The van der Waals surface area contributed by atoms with Gasteiger partial charge in [-0.1, -0.05) is 60.7 Å². The van der Waals surface area contributed by atoms with Crippen molar-refractivity contribution in [1.29, 1.82) is 0 Å². The molecule has 2 heterocycles. The first-order valence-corrected chi connectivity index (χ1v) is 13.3. The zero-order chi connectivity index (χ0) is 28.3. The highest BCUT2D eigenvalue weighted by Crippen LogP contribution is 2.34. The van der Waals surface area contributed by atoms with E-state index in [0.717, 1.165) is 27.8 Å². The fourth-order valence-corrected chi connectivity index (χ4v) is 5.60. The second-order valence-corrected chi connectivity index (χ2v) is 10.4. The molecular weight excluding hydrogens is 544 g/mol. The molecule has 0 spiro atoms. The van der Waals surface area contributed by atoms with Crippen LogP contribution in [0.1, 0.15) is 28.8 Å². The number of thiazole rings is 1. The summed E-state index contributed by atoms with van der Waals surface area (Å²) in [6.07, 6.45) is -3.18. The average molecular weight is 569 g/mol. The van der Waals surface area contributed by atoms with Crippen molar-refractivity contribution in [1.82, 2.24) is 9.88 Å². The summed E-state index contributed by atoms with van der Waals surface area (Å²) >= 11 is 1.35. The Morgan fingerprint density at radius 2 is 1.68 bits per heavy atom. The highest BCUT2D eigenvalue weighted by molar-refractivity contribution is 7.16. The van der Waals surface area contributed by atoms with E-state index >= 15 is 0 Å². The summed E-state index contributed by atoms with van der Waals surface area (Å²) in [6, 6.07) is 19.7. The van der Waals surface area contributed by atoms with Crippen molar-refractivity contribution in [3.8, 4) is 11.3 Å². The second-order valence-electron chi connectivity index (χ2n) is 9.28. The average Bonchev–Trinajstić information content (AvgIpc) is 3.58. The predicted octanol–water partition coefficient (Wildman–Crippen LogP) is 7.19. The van der Waals surface area contributed by atoms with Crippen LogP contribution in [0.25, 0.3) is 11.3 Å². The number of rotatable bonds is 6. The minimum Gasteiger partial charge on any atom is -0.312 e. The molecule has 1 atom stereocenters. The number of alkyl halides is 3. The van der Waals surface area contributed by atoms with Gasteiger partial charge in [0, 0.05) is 23.4 Å². The maximum atomic E-state index is 14.3. The molecule has 0 bridgehead atoms. The number of hydrogen-bond acceptors (Lipinski definition) is 4. The maximum absolute atomic E-state index is 14.3. The number of benzene rings is 3. The van der Waals surface area contributed by atoms with Gasteiger partial charge in [0.25, 0.3) is 0 Å². The van der Waals surface area contributed by atoms with Gasteiger partial charge >= 0.3 is 12.2 Å². The van der Waals surface area contributed by atoms with Crippen LogP contribution in [0.3, 0.4) is 0 Å². The number of carbonyl (C=O) groups excluding carboxylic acids is 2. The van der Waals surface area contributed by atoms with Crippen LogP contribution in [0, 0.1) is 5.82 Å². The molecule has 11 heteroatoms. The third-order valence-corrected chi connectivity index (χ3v) is 7.51. The normalized spacial score (nSPS) is 15.2. The molecule has 1 aliphatic rings. The number of urea groups is 1. The van der Waals surface area contributed by atoms with Crippen LogP contribution in [0.5, 0.6) is 0 Å². The van der Waals surface area contributed by atoms with Gasteiger partial charge < -0.3 is 15.5 Å². The summed E-state index contributed by atoms with van der Waals surface area (Å²) in [4.78, 5) is 33.1. The Bertz CT molecular complexity index is 1510. The number of likely N-dealkylation sites (tertiary alicyclic amines) is 1. The Morgan fingerprint density at radius 1 is 0.975 bits per heavy atom. The molecule has 1 aliphatic heterocycles. The van der Waals surface area contributed by atoms with Gasteiger partial charge in [-0.05, 0) is 36.6 Å². The van der Waals surface area contributed by atoms with Crippen molar-refractivity contribution in [2.24, 2.45) is 0 Å². The van der Waals surface area contributed by atoms with Gasteiger partial charge in [-0.3, -0.25) is 4.79 Å². The minimum absolute atomic E-state index is 0.235. The Balaban J connectivity index is 1.32. The van der Waals surface area contributed by atoms with Crippen LogP contribution in [0.2, 0.25) is 0 Å². The van der Waals surface area contributed by atoms with Gasteiger partial charge in [0.15, 0.2) is 5.13 Å². The number of carbonyl (C=O) groups is 2. The molecule has 0 aliphatic carbocycles. The lowest BCUT2D eigenvalue weighted by atomic mass is 10.1. The van der Waals surface area contributed by atoms with E-state index in [1.165, 1.54) is 16.2 Å². The largest absolute Gasteiger partial charge is 0.416 e. The maximum Gasteiger partial charge on any atom is 0.416 e. The Kier molecular flexibility index (Phi) is 7.83. The molecule has 5 rings (SSSR count). The minimum atomic E-state index is -4.71. The zero-order valence-corrected chi connectivity index (χ0v) is 21.9. The Labute approximate surface area is 231 Å². The summed E-state index contributed by atoms with van der Waals surface area (Å²) in [5, 5.41) is 5.51. The molecule has 2 N–H and O–H groups in total. The third-order valence-electron chi connectivity index (χ3n) is 6.54. The van der Waals surface area contributed by atoms with E-state index in [1.807, 2.05) is 60.7 Å². The monoisotopic (exact) mass is 568 g/mol. The van der Waals surface area contributed by atoms with Crippen molar-refractivity contribution < 1.29 is 27.2 Å². The SMILES string of the molecule is O=C(Nc1nc(-c2ccccc2)c(Cc2ccccc2)s1)[C@@H]1CCCN1C(=O)Nc1ccc(C(F)(F)F)cc1F. The Hall–Kier alpha value is -4.25. The van der Waals surface area contributed by atoms with E-state index in [0.29, 0.717) is 36.5 Å². The molecule has 6 nitrogen and oxygen atoms in total. The standard InChI is InChI=1S/C29H24F4N4O2S/c30-21-17-20(29(31,32)33)13-14-22(21)34-28(39)37-15-7-12-23(37)26(38)36-27-35-25(19-10-5-2-6-11-19)24(40-27)16-18-8-3-1-4-9-18/h1-6,8-11,13-14,17,23H,7,12,15-16H2,(H,34,39)(H,35,36,38)/t23-/m0/s1. The van der Waals surface area contributed by atoms with Gasteiger partial charge in [-0.25, -0.2) is 14.2 Å². The number of hydrogen-bond donors (Lipinski definition) is 2. The molecule has 1 fully saturated rings. The van der Waals surface area contributed by atoms with E-state index < -0.39 is 41.2 Å². The lowest BCUT2D eigenvalue weighted by Crippen LogP contribution is -2.45. The number of amides is 3. The summed E-state index contributed by atoms with van der Waals surface area (Å²) in [7, 11) is 0. The first-order valence-electron chi connectivity index (χ1n) is 12.5. The summed E-state index contributed by atoms with van der Waals surface area (Å²) < 4.78 is 52.8. The van der Waals surface area contributed by atoms with Gasteiger partial charge in [0.2, 0.25) is 5.91 Å². The van der Waals surface area contributed by atoms with Crippen LogP contribution in [-0.2, 0) is 17.4 Å². The first-order chi connectivity index (χ1) is 19.2. The van der Waals surface area contributed by atoms with Gasteiger partial charge in [-0.2, -0.15) is 13.2 Å². The molecule has 40 heavy (non-hydrogen) atoms. The van der Waals surface area contributed by atoms with Gasteiger partial charge in [0.1, 0.15) is 11.9 Å². The zero-order valence-electron chi connectivity index (χ0n) is 21.0. The number of halogens is 4. The highest BCUT2D eigenvalue weighted by Gasteiger charge is 2.36. The summed E-state index contributed by atoms with van der Waals surface area (Å²) in [5.74, 6) is -1.66. The van der Waals surface area contributed by atoms with Crippen LogP contribution < -0.4 is 10.6 Å². The smallest absolute Gasteiger partial charge is 0.312 e. The van der Waals surface area contributed by atoms with Crippen LogP contribution in [-0.4, -0.2) is 34.4 Å². The fraction of sp³-hybridized carbons (Fsp3) is 0.207. The number of nitrogens with one attached hydrogen (secondary N) is 2. The topological polar surface area (TPSA) is 74.3 Å². The lowest BCUT2D eigenvalue weighted by Gasteiger charge is -2.24. The van der Waals surface area contributed by atoms with E-state index in [1.54, 1.807) is 0 Å². The molecule has 3 aromatic carbocycles. The van der Waals surface area contributed by atoms with Crippen LogP contribution in [0.15, 0.2) is 78.9 Å².